The second-order valence-electron chi connectivity index (χ2n) is 7.15. The quantitative estimate of drug-likeness (QED) is 0.428. The molecule has 4 heterocycles. The van der Waals surface area contributed by atoms with E-state index in [4.69, 9.17) is 9.72 Å². The molecule has 0 aliphatic rings. The van der Waals surface area contributed by atoms with Crippen LogP contribution in [0.1, 0.15) is 5.69 Å². The molecule has 0 radical (unpaired) electrons. The molecular formula is C25H20N4O. The number of rotatable bonds is 4. The van der Waals surface area contributed by atoms with E-state index >= 15 is 0 Å². The number of aromatic nitrogens is 4. The van der Waals surface area contributed by atoms with Gasteiger partial charge in [-0.2, -0.15) is 0 Å². The number of hydrogen-bond acceptors (Lipinski definition) is 4. The average Bonchev–Trinajstić information content (AvgIpc) is 3.27. The summed E-state index contributed by atoms with van der Waals surface area (Å²) in [6, 6.07) is 20.3. The second-order valence-corrected chi connectivity index (χ2v) is 7.15. The smallest absolute Gasteiger partial charge is 0.138 e. The van der Waals surface area contributed by atoms with E-state index in [1.165, 1.54) is 0 Å². The molecule has 30 heavy (non-hydrogen) atoms. The van der Waals surface area contributed by atoms with Gasteiger partial charge in [0, 0.05) is 40.8 Å². The highest BCUT2D eigenvalue weighted by Gasteiger charge is 2.12. The normalized spacial score (nSPS) is 11.0. The van der Waals surface area contributed by atoms with Crippen LogP contribution >= 0.6 is 0 Å². The summed E-state index contributed by atoms with van der Waals surface area (Å²) in [5.74, 6) is 0.822. The Hall–Kier alpha value is -3.99. The summed E-state index contributed by atoms with van der Waals surface area (Å²) in [5.41, 5.74) is 7.65. The van der Waals surface area contributed by atoms with Gasteiger partial charge in [-0.15, -0.1) is 0 Å². The van der Waals surface area contributed by atoms with Crippen molar-refractivity contribution in [2.45, 2.75) is 6.92 Å². The molecule has 4 aromatic heterocycles. The van der Waals surface area contributed by atoms with E-state index in [0.717, 1.165) is 56.1 Å². The van der Waals surface area contributed by atoms with Gasteiger partial charge in [-0.3, -0.25) is 9.97 Å². The largest absolute Gasteiger partial charge is 0.497 e. The zero-order valence-corrected chi connectivity index (χ0v) is 16.8. The molecule has 0 aliphatic carbocycles. The first-order chi connectivity index (χ1) is 14.7. The van der Waals surface area contributed by atoms with Crippen molar-refractivity contribution in [3.8, 4) is 39.4 Å². The summed E-state index contributed by atoms with van der Waals surface area (Å²) in [7, 11) is 1.67. The summed E-state index contributed by atoms with van der Waals surface area (Å²) >= 11 is 0. The minimum atomic E-state index is 0.822. The number of H-pyrrole nitrogens is 1. The number of nitrogens with one attached hydrogen (secondary N) is 1. The van der Waals surface area contributed by atoms with Crippen molar-refractivity contribution in [1.29, 1.82) is 0 Å². The van der Waals surface area contributed by atoms with Crippen molar-refractivity contribution in [3.63, 3.8) is 0 Å². The van der Waals surface area contributed by atoms with Gasteiger partial charge in [0.2, 0.25) is 0 Å². The van der Waals surface area contributed by atoms with E-state index in [1.807, 2.05) is 68.0 Å². The highest BCUT2D eigenvalue weighted by Crippen LogP contribution is 2.33. The lowest BCUT2D eigenvalue weighted by atomic mass is 9.99. The number of benzene rings is 1. The van der Waals surface area contributed by atoms with Crippen molar-refractivity contribution in [2.24, 2.45) is 0 Å². The van der Waals surface area contributed by atoms with Gasteiger partial charge < -0.3 is 9.72 Å². The van der Waals surface area contributed by atoms with Gasteiger partial charge in [0.1, 0.15) is 11.4 Å². The summed E-state index contributed by atoms with van der Waals surface area (Å²) in [6.45, 7) is 1.99. The molecule has 1 aromatic carbocycles. The molecule has 0 amide bonds. The highest BCUT2D eigenvalue weighted by molar-refractivity contribution is 5.95. The average molecular weight is 392 g/mol. The molecule has 1 N–H and O–H groups in total. The maximum atomic E-state index is 5.37. The van der Waals surface area contributed by atoms with E-state index in [-0.39, 0.29) is 0 Å². The number of hydrogen-bond donors (Lipinski definition) is 1. The Morgan fingerprint density at radius 3 is 2.53 bits per heavy atom. The zero-order valence-electron chi connectivity index (χ0n) is 16.8. The third-order valence-corrected chi connectivity index (χ3v) is 5.13. The Kier molecular flexibility index (Phi) is 4.48. The summed E-state index contributed by atoms with van der Waals surface area (Å²) in [5, 5.41) is 1.05. The predicted molar refractivity (Wildman–Crippen MR) is 119 cm³/mol. The predicted octanol–water partition coefficient (Wildman–Crippen LogP) is 5.67. The van der Waals surface area contributed by atoms with E-state index in [1.54, 1.807) is 7.11 Å². The molecule has 0 unspecified atom stereocenters. The van der Waals surface area contributed by atoms with E-state index in [9.17, 15) is 0 Å². The van der Waals surface area contributed by atoms with Gasteiger partial charge in [-0.05, 0) is 60.5 Å². The molecule has 0 aliphatic heterocycles. The van der Waals surface area contributed by atoms with Crippen molar-refractivity contribution in [2.75, 3.05) is 7.11 Å². The molecule has 5 aromatic rings. The number of nitrogens with zero attached hydrogens (tertiary/aromatic N) is 3. The number of pyridine rings is 3. The van der Waals surface area contributed by atoms with Crippen LogP contribution in [0.2, 0.25) is 0 Å². The fraction of sp³-hybridized carbons (Fsp3) is 0.0800. The van der Waals surface area contributed by atoms with Gasteiger partial charge in [-0.25, -0.2) is 4.98 Å². The van der Waals surface area contributed by atoms with E-state index in [2.05, 4.69) is 33.2 Å². The lowest BCUT2D eigenvalue weighted by Crippen LogP contribution is -1.93. The first-order valence-corrected chi connectivity index (χ1v) is 9.73. The Morgan fingerprint density at radius 2 is 1.67 bits per heavy atom. The molecule has 146 valence electrons. The van der Waals surface area contributed by atoms with Gasteiger partial charge in [0.05, 0.1) is 18.5 Å². The molecule has 5 nitrogen and oxygen atoms in total. The topological polar surface area (TPSA) is 63.7 Å². The van der Waals surface area contributed by atoms with Crippen LogP contribution in [0.5, 0.6) is 5.75 Å². The summed E-state index contributed by atoms with van der Waals surface area (Å²) in [4.78, 5) is 17.2. The third kappa shape index (κ3) is 3.31. The first kappa shape index (κ1) is 18.1. The van der Waals surface area contributed by atoms with Gasteiger partial charge in [0.15, 0.2) is 0 Å². The monoisotopic (exact) mass is 392 g/mol. The minimum Gasteiger partial charge on any atom is -0.497 e. The van der Waals surface area contributed by atoms with Crippen LogP contribution in [0.25, 0.3) is 44.7 Å². The molecule has 0 fully saturated rings. The lowest BCUT2D eigenvalue weighted by Gasteiger charge is -2.10. The molecule has 0 saturated heterocycles. The van der Waals surface area contributed by atoms with Crippen LogP contribution in [0.3, 0.4) is 0 Å². The highest BCUT2D eigenvalue weighted by atomic mass is 16.5. The number of fused-ring (bicyclic) bond motifs is 1. The number of aryl methyl sites for hydroxylation is 1. The van der Waals surface area contributed by atoms with Gasteiger partial charge in [-0.1, -0.05) is 18.2 Å². The molecular weight excluding hydrogens is 372 g/mol. The van der Waals surface area contributed by atoms with Gasteiger partial charge >= 0.3 is 0 Å². The van der Waals surface area contributed by atoms with Crippen molar-refractivity contribution in [1.82, 2.24) is 19.9 Å². The van der Waals surface area contributed by atoms with Crippen LogP contribution in [0.4, 0.5) is 0 Å². The van der Waals surface area contributed by atoms with Crippen LogP contribution in [0.15, 0.2) is 79.3 Å². The van der Waals surface area contributed by atoms with Crippen LogP contribution in [-0.4, -0.2) is 27.0 Å². The van der Waals surface area contributed by atoms with E-state index < -0.39 is 0 Å². The third-order valence-electron chi connectivity index (χ3n) is 5.13. The first-order valence-electron chi connectivity index (χ1n) is 9.73. The lowest BCUT2D eigenvalue weighted by molar-refractivity contribution is 0.415. The molecule has 0 saturated carbocycles. The van der Waals surface area contributed by atoms with Crippen molar-refractivity contribution >= 4 is 11.0 Å². The standard InChI is InChI=1S/C25H20N4O/c1-16-5-3-8-23(28-16)24-13-22(21-9-10-27-25(21)29-24)19-11-18(14-26-15-19)17-6-4-7-20(12-17)30-2/h3-15H,1-2H3,(H,27,29). The maximum absolute atomic E-state index is 5.37. The van der Waals surface area contributed by atoms with Crippen LogP contribution < -0.4 is 4.74 Å². The SMILES string of the molecule is COc1cccc(-c2cncc(-c3cc(-c4cccc(C)n4)nc4[nH]ccc34)c2)c1. The molecule has 0 atom stereocenters. The Morgan fingerprint density at radius 1 is 0.800 bits per heavy atom. The van der Waals surface area contributed by atoms with E-state index in [0.29, 0.717) is 0 Å². The van der Waals surface area contributed by atoms with Crippen molar-refractivity contribution in [3.05, 3.63) is 84.9 Å². The summed E-state index contributed by atoms with van der Waals surface area (Å²) in [6.07, 6.45) is 5.67. The number of methoxy groups -OCH3 is 1. The summed E-state index contributed by atoms with van der Waals surface area (Å²) < 4.78 is 5.37. The van der Waals surface area contributed by atoms with Crippen LogP contribution in [0, 0.1) is 6.92 Å². The number of ether oxygens (including phenoxy) is 1. The fourth-order valence-electron chi connectivity index (χ4n) is 3.64. The molecule has 0 spiro atoms. The van der Waals surface area contributed by atoms with Crippen LogP contribution in [-0.2, 0) is 0 Å². The molecule has 5 heteroatoms. The Bertz CT molecular complexity index is 1360. The maximum Gasteiger partial charge on any atom is 0.138 e. The Labute approximate surface area is 174 Å². The number of aromatic amines is 1. The van der Waals surface area contributed by atoms with Crippen molar-refractivity contribution < 1.29 is 4.74 Å². The fourth-order valence-corrected chi connectivity index (χ4v) is 3.64. The zero-order chi connectivity index (χ0) is 20.5. The second kappa shape index (κ2) is 7.44. The minimum absolute atomic E-state index is 0.822. The molecule has 0 bridgehead atoms. The molecule has 5 rings (SSSR count). The van der Waals surface area contributed by atoms with Gasteiger partial charge in [0.25, 0.3) is 0 Å². The Balaban J connectivity index is 1.67.